The van der Waals surface area contributed by atoms with Gasteiger partial charge in [0.25, 0.3) is 0 Å². The minimum Gasteiger partial charge on any atom is -0.330 e. The Kier molecular flexibility index (Phi) is 3.91. The van der Waals surface area contributed by atoms with Crippen molar-refractivity contribution in [3.63, 3.8) is 0 Å². The van der Waals surface area contributed by atoms with Gasteiger partial charge in [-0.25, -0.2) is 0 Å². The Labute approximate surface area is 111 Å². The third-order valence-corrected chi connectivity index (χ3v) is 3.93. The van der Waals surface area contributed by atoms with Crippen LogP contribution in [0.25, 0.3) is 10.6 Å². The fourth-order valence-electron chi connectivity index (χ4n) is 1.25. The van der Waals surface area contributed by atoms with Gasteiger partial charge >= 0.3 is 0 Å². The molecule has 84 valence electrons. The molecular weight excluding hydrogens is 310 g/mol. The van der Waals surface area contributed by atoms with Crippen LogP contribution in [0.3, 0.4) is 0 Å². The van der Waals surface area contributed by atoms with E-state index in [9.17, 15) is 0 Å². The molecule has 1 aromatic carbocycles. The molecule has 2 N–H and O–H groups in total. The number of aromatic nitrogens is 2. The molecule has 1 heterocycles. The highest BCUT2D eigenvalue weighted by molar-refractivity contribution is 9.10. The van der Waals surface area contributed by atoms with Crippen LogP contribution in [-0.2, 0) is 6.42 Å². The van der Waals surface area contributed by atoms with Crippen molar-refractivity contribution in [1.29, 1.82) is 0 Å². The van der Waals surface area contributed by atoms with Gasteiger partial charge in [0, 0.05) is 21.5 Å². The molecule has 0 unspecified atom stereocenters. The van der Waals surface area contributed by atoms with E-state index in [1.165, 1.54) is 0 Å². The van der Waals surface area contributed by atoms with E-state index in [2.05, 4.69) is 26.1 Å². The number of nitrogens with zero attached hydrogens (tertiary/aromatic N) is 2. The highest BCUT2D eigenvalue weighted by Crippen LogP contribution is 2.32. The average Bonchev–Trinajstić information content (AvgIpc) is 2.71. The quantitative estimate of drug-likeness (QED) is 0.946. The van der Waals surface area contributed by atoms with E-state index in [1.54, 1.807) is 11.3 Å². The van der Waals surface area contributed by atoms with E-state index in [1.807, 2.05) is 18.2 Å². The molecule has 6 heteroatoms. The minimum atomic E-state index is 0.589. The SMILES string of the molecule is NCCc1nnc(-c2cc(Cl)ccc2Br)s1. The third kappa shape index (κ3) is 2.60. The lowest BCUT2D eigenvalue weighted by molar-refractivity contribution is 0.913. The largest absolute Gasteiger partial charge is 0.330 e. The van der Waals surface area contributed by atoms with E-state index in [0.29, 0.717) is 11.6 Å². The molecule has 3 nitrogen and oxygen atoms in total. The maximum Gasteiger partial charge on any atom is 0.148 e. The van der Waals surface area contributed by atoms with Gasteiger partial charge in [-0.15, -0.1) is 10.2 Å². The van der Waals surface area contributed by atoms with Gasteiger partial charge in [0.2, 0.25) is 0 Å². The van der Waals surface area contributed by atoms with Gasteiger partial charge in [0.05, 0.1) is 0 Å². The van der Waals surface area contributed by atoms with Crippen molar-refractivity contribution in [2.75, 3.05) is 6.54 Å². The lowest BCUT2D eigenvalue weighted by Crippen LogP contribution is -2.01. The second-order valence-corrected chi connectivity index (χ2v) is 5.52. The Morgan fingerprint density at radius 2 is 2.19 bits per heavy atom. The van der Waals surface area contributed by atoms with Crippen molar-refractivity contribution in [2.45, 2.75) is 6.42 Å². The van der Waals surface area contributed by atoms with Crippen LogP contribution in [0, 0.1) is 0 Å². The summed E-state index contributed by atoms with van der Waals surface area (Å²) in [4.78, 5) is 0. The van der Waals surface area contributed by atoms with Gasteiger partial charge in [0.15, 0.2) is 0 Å². The maximum atomic E-state index is 5.95. The molecule has 0 fully saturated rings. The molecule has 0 atom stereocenters. The zero-order chi connectivity index (χ0) is 11.5. The predicted octanol–water partition coefficient (Wildman–Crippen LogP) is 3.12. The molecule has 0 amide bonds. The maximum absolute atomic E-state index is 5.95. The Morgan fingerprint density at radius 3 is 2.94 bits per heavy atom. The van der Waals surface area contributed by atoms with Gasteiger partial charge in [-0.3, -0.25) is 0 Å². The Hall–Kier alpha value is -0.490. The Bertz CT molecular complexity index is 501. The molecular formula is C10H9BrClN3S. The number of rotatable bonds is 3. The molecule has 2 aromatic rings. The summed E-state index contributed by atoms with van der Waals surface area (Å²) in [5.41, 5.74) is 6.44. The zero-order valence-corrected chi connectivity index (χ0v) is 11.4. The predicted molar refractivity (Wildman–Crippen MR) is 70.8 cm³/mol. The normalized spacial score (nSPS) is 10.7. The summed E-state index contributed by atoms with van der Waals surface area (Å²) in [5, 5.41) is 10.7. The van der Waals surface area contributed by atoms with Crippen molar-refractivity contribution < 1.29 is 0 Å². The van der Waals surface area contributed by atoms with Gasteiger partial charge < -0.3 is 5.73 Å². The van der Waals surface area contributed by atoms with E-state index < -0.39 is 0 Å². The Morgan fingerprint density at radius 1 is 1.38 bits per heavy atom. The van der Waals surface area contributed by atoms with Crippen LogP contribution in [0.4, 0.5) is 0 Å². The molecule has 0 spiro atoms. The molecule has 2 rings (SSSR count). The first-order valence-corrected chi connectivity index (χ1v) is 6.67. The number of hydrogen-bond acceptors (Lipinski definition) is 4. The van der Waals surface area contributed by atoms with E-state index in [-0.39, 0.29) is 0 Å². The first kappa shape index (κ1) is 12.0. The molecule has 0 radical (unpaired) electrons. The lowest BCUT2D eigenvalue weighted by Gasteiger charge is -1.99. The van der Waals surface area contributed by atoms with Gasteiger partial charge in [-0.05, 0) is 24.7 Å². The molecule has 0 aliphatic heterocycles. The van der Waals surface area contributed by atoms with Gasteiger partial charge in [-0.2, -0.15) is 0 Å². The standard InChI is InChI=1S/C10H9BrClN3S/c11-8-2-1-6(12)5-7(8)10-15-14-9(16-10)3-4-13/h1-2,5H,3-4,13H2. The molecule has 16 heavy (non-hydrogen) atoms. The van der Waals surface area contributed by atoms with E-state index >= 15 is 0 Å². The van der Waals surface area contributed by atoms with Gasteiger partial charge in [0.1, 0.15) is 10.0 Å². The van der Waals surface area contributed by atoms with Crippen molar-refractivity contribution in [1.82, 2.24) is 10.2 Å². The molecule has 0 aliphatic carbocycles. The van der Waals surface area contributed by atoms with Crippen LogP contribution in [0.2, 0.25) is 5.02 Å². The Balaban J connectivity index is 2.38. The minimum absolute atomic E-state index is 0.589. The lowest BCUT2D eigenvalue weighted by atomic mass is 10.2. The van der Waals surface area contributed by atoms with Crippen LogP contribution in [0.5, 0.6) is 0 Å². The van der Waals surface area contributed by atoms with Crippen molar-refractivity contribution in [2.24, 2.45) is 5.73 Å². The topological polar surface area (TPSA) is 51.8 Å². The molecule has 0 bridgehead atoms. The number of benzene rings is 1. The summed E-state index contributed by atoms with van der Waals surface area (Å²) in [6.45, 7) is 0.589. The van der Waals surface area contributed by atoms with Gasteiger partial charge in [-0.1, -0.05) is 38.9 Å². The number of nitrogens with two attached hydrogens (primary N) is 1. The highest BCUT2D eigenvalue weighted by atomic mass is 79.9. The van der Waals surface area contributed by atoms with Crippen LogP contribution >= 0.6 is 38.9 Å². The summed E-state index contributed by atoms with van der Waals surface area (Å²) in [5.74, 6) is 0. The number of halogens is 2. The first-order valence-electron chi connectivity index (χ1n) is 4.68. The van der Waals surface area contributed by atoms with Crippen molar-refractivity contribution in [3.8, 4) is 10.6 Å². The summed E-state index contributed by atoms with van der Waals surface area (Å²) >= 11 is 11.0. The third-order valence-electron chi connectivity index (χ3n) is 1.98. The number of hydrogen-bond donors (Lipinski definition) is 1. The molecule has 1 aromatic heterocycles. The average molecular weight is 319 g/mol. The van der Waals surface area contributed by atoms with Crippen molar-refractivity contribution in [3.05, 3.63) is 32.7 Å². The first-order chi connectivity index (χ1) is 7.70. The highest BCUT2D eigenvalue weighted by Gasteiger charge is 2.10. The summed E-state index contributed by atoms with van der Waals surface area (Å²) in [6.07, 6.45) is 0.760. The zero-order valence-electron chi connectivity index (χ0n) is 8.28. The van der Waals surface area contributed by atoms with E-state index in [4.69, 9.17) is 17.3 Å². The van der Waals surface area contributed by atoms with E-state index in [0.717, 1.165) is 26.5 Å². The monoisotopic (exact) mass is 317 g/mol. The fraction of sp³-hybridized carbons (Fsp3) is 0.200. The van der Waals surface area contributed by atoms with Crippen molar-refractivity contribution >= 4 is 38.9 Å². The summed E-state index contributed by atoms with van der Waals surface area (Å²) < 4.78 is 0.965. The molecule has 0 saturated heterocycles. The second kappa shape index (κ2) is 5.23. The van der Waals surface area contributed by atoms with Crippen LogP contribution in [0.1, 0.15) is 5.01 Å². The smallest absolute Gasteiger partial charge is 0.148 e. The summed E-state index contributed by atoms with van der Waals surface area (Å²) in [7, 11) is 0. The van der Waals surface area contributed by atoms with Crippen LogP contribution in [-0.4, -0.2) is 16.7 Å². The van der Waals surface area contributed by atoms with Crippen LogP contribution in [0.15, 0.2) is 22.7 Å². The second-order valence-electron chi connectivity index (χ2n) is 3.16. The molecule has 0 aliphatic rings. The fourth-order valence-corrected chi connectivity index (χ4v) is 2.87. The summed E-state index contributed by atoms with van der Waals surface area (Å²) in [6, 6.07) is 5.61. The molecule has 0 saturated carbocycles. The van der Waals surface area contributed by atoms with Crippen LogP contribution < -0.4 is 5.73 Å².